The second-order valence-electron chi connectivity index (χ2n) is 3.65. The number of carboxylic acid groups (broad SMARTS) is 1. The zero-order valence-electron chi connectivity index (χ0n) is 8.36. The quantitative estimate of drug-likeness (QED) is 0.888. The molecule has 0 aliphatic carbocycles. The van der Waals surface area contributed by atoms with Crippen molar-refractivity contribution in [2.24, 2.45) is 0 Å². The molecule has 0 amide bonds. The van der Waals surface area contributed by atoms with E-state index in [9.17, 15) is 4.79 Å². The van der Waals surface area contributed by atoms with E-state index in [-0.39, 0.29) is 0 Å². The highest BCUT2D eigenvalue weighted by Gasteiger charge is 2.32. The molecule has 1 aliphatic rings. The Kier molecular flexibility index (Phi) is 3.21. The van der Waals surface area contributed by atoms with E-state index in [4.69, 9.17) is 28.3 Å². The number of anilines is 1. The summed E-state index contributed by atoms with van der Waals surface area (Å²) in [7, 11) is 0. The lowest BCUT2D eigenvalue weighted by Gasteiger charge is -2.23. The van der Waals surface area contributed by atoms with Crippen LogP contribution < -0.4 is 4.90 Å². The fraction of sp³-hybridized carbons (Fsp3) is 0.400. The van der Waals surface area contributed by atoms with Crippen LogP contribution in [0.2, 0.25) is 10.0 Å². The minimum Gasteiger partial charge on any atom is -0.480 e. The van der Waals surface area contributed by atoms with Gasteiger partial charge in [-0.25, -0.2) is 9.78 Å². The van der Waals surface area contributed by atoms with Gasteiger partial charge in [-0.15, -0.1) is 0 Å². The van der Waals surface area contributed by atoms with Crippen molar-refractivity contribution in [3.05, 3.63) is 22.3 Å². The molecule has 2 heterocycles. The second kappa shape index (κ2) is 4.47. The van der Waals surface area contributed by atoms with Crippen LogP contribution in [0.15, 0.2) is 12.3 Å². The first-order valence-electron chi connectivity index (χ1n) is 4.90. The highest BCUT2D eigenvalue weighted by molar-refractivity contribution is 6.36. The summed E-state index contributed by atoms with van der Waals surface area (Å²) in [4.78, 5) is 16.8. The minimum atomic E-state index is -0.842. The largest absolute Gasteiger partial charge is 0.480 e. The molecule has 0 spiro atoms. The van der Waals surface area contributed by atoms with Gasteiger partial charge in [0.15, 0.2) is 0 Å². The fourth-order valence-corrected chi connectivity index (χ4v) is 2.38. The highest BCUT2D eigenvalue weighted by Crippen LogP contribution is 2.31. The zero-order chi connectivity index (χ0) is 11.7. The van der Waals surface area contributed by atoms with Crippen LogP contribution in [-0.4, -0.2) is 28.6 Å². The molecule has 1 aliphatic heterocycles. The number of carbonyl (C=O) groups is 1. The molecule has 1 atom stereocenters. The maximum absolute atomic E-state index is 11.0. The molecule has 1 aromatic heterocycles. The Morgan fingerprint density at radius 1 is 1.56 bits per heavy atom. The summed E-state index contributed by atoms with van der Waals surface area (Å²) < 4.78 is 0. The number of halogens is 2. The Morgan fingerprint density at radius 3 is 2.94 bits per heavy atom. The van der Waals surface area contributed by atoms with E-state index >= 15 is 0 Å². The summed E-state index contributed by atoms with van der Waals surface area (Å²) in [5.41, 5.74) is 0. The third-order valence-corrected chi connectivity index (χ3v) is 3.08. The third kappa shape index (κ3) is 2.08. The minimum absolute atomic E-state index is 0.389. The van der Waals surface area contributed by atoms with E-state index < -0.39 is 12.0 Å². The van der Waals surface area contributed by atoms with Crippen molar-refractivity contribution in [2.75, 3.05) is 11.4 Å². The Balaban J connectivity index is 2.32. The number of nitrogens with zero attached hydrogens (tertiary/aromatic N) is 2. The monoisotopic (exact) mass is 260 g/mol. The van der Waals surface area contributed by atoms with E-state index in [1.165, 1.54) is 6.20 Å². The summed E-state index contributed by atoms with van der Waals surface area (Å²) in [6.45, 7) is 0.658. The molecule has 16 heavy (non-hydrogen) atoms. The van der Waals surface area contributed by atoms with Gasteiger partial charge in [-0.2, -0.15) is 0 Å². The van der Waals surface area contributed by atoms with E-state index in [2.05, 4.69) is 4.98 Å². The van der Waals surface area contributed by atoms with Gasteiger partial charge < -0.3 is 10.0 Å². The van der Waals surface area contributed by atoms with Crippen molar-refractivity contribution in [3.63, 3.8) is 0 Å². The maximum Gasteiger partial charge on any atom is 0.326 e. The van der Waals surface area contributed by atoms with Gasteiger partial charge in [0.2, 0.25) is 0 Å². The summed E-state index contributed by atoms with van der Waals surface area (Å²) >= 11 is 11.7. The van der Waals surface area contributed by atoms with E-state index in [0.29, 0.717) is 28.8 Å². The number of rotatable bonds is 2. The molecule has 1 aromatic rings. The molecular formula is C10H10Cl2N2O2. The average molecular weight is 261 g/mol. The molecule has 0 aromatic carbocycles. The van der Waals surface area contributed by atoms with Gasteiger partial charge in [-0.3, -0.25) is 0 Å². The summed E-state index contributed by atoms with van der Waals surface area (Å²) in [5.74, 6) is -0.346. The van der Waals surface area contributed by atoms with Crippen LogP contribution in [0.4, 0.5) is 5.82 Å². The van der Waals surface area contributed by atoms with Crippen LogP contribution in [0.1, 0.15) is 12.8 Å². The summed E-state index contributed by atoms with van der Waals surface area (Å²) in [6.07, 6.45) is 2.92. The van der Waals surface area contributed by atoms with Crippen LogP contribution in [0, 0.1) is 0 Å². The van der Waals surface area contributed by atoms with Gasteiger partial charge >= 0.3 is 5.97 Å². The Morgan fingerprint density at radius 2 is 2.31 bits per heavy atom. The van der Waals surface area contributed by atoms with Gasteiger partial charge in [-0.1, -0.05) is 23.2 Å². The van der Waals surface area contributed by atoms with Gasteiger partial charge in [0.05, 0.1) is 10.0 Å². The smallest absolute Gasteiger partial charge is 0.326 e. The zero-order valence-corrected chi connectivity index (χ0v) is 9.87. The van der Waals surface area contributed by atoms with Crippen molar-refractivity contribution in [1.29, 1.82) is 0 Å². The summed E-state index contributed by atoms with van der Waals surface area (Å²) in [5, 5.41) is 9.89. The number of aliphatic carboxylic acids is 1. The standard InChI is InChI=1S/C10H10Cl2N2O2/c11-6-4-7(12)9(13-5-6)14-3-1-2-8(14)10(15)16/h4-5,8H,1-3H2,(H,15,16)/t8-/m0/s1. The molecule has 0 unspecified atom stereocenters. The first kappa shape index (κ1) is 11.5. The van der Waals surface area contributed by atoms with Crippen molar-refractivity contribution in [2.45, 2.75) is 18.9 Å². The lowest BCUT2D eigenvalue weighted by molar-refractivity contribution is -0.138. The van der Waals surface area contributed by atoms with Gasteiger partial charge in [0.25, 0.3) is 0 Å². The number of carboxylic acids is 1. The number of pyridine rings is 1. The molecule has 1 fully saturated rings. The number of hydrogen-bond donors (Lipinski definition) is 1. The van der Waals surface area contributed by atoms with Crippen LogP contribution in [0.5, 0.6) is 0 Å². The average Bonchev–Trinajstić information content (AvgIpc) is 2.66. The molecule has 4 nitrogen and oxygen atoms in total. The molecule has 0 saturated carbocycles. The van der Waals surface area contributed by atoms with E-state index in [1.54, 1.807) is 11.0 Å². The fourth-order valence-electron chi connectivity index (χ4n) is 1.90. The molecule has 1 N–H and O–H groups in total. The Bertz CT molecular complexity index is 425. The van der Waals surface area contributed by atoms with Crippen molar-refractivity contribution in [3.8, 4) is 0 Å². The predicted molar refractivity (Wildman–Crippen MR) is 62.3 cm³/mol. The van der Waals surface area contributed by atoms with E-state index in [0.717, 1.165) is 6.42 Å². The van der Waals surface area contributed by atoms with E-state index in [1.807, 2.05) is 0 Å². The molecule has 0 radical (unpaired) electrons. The topological polar surface area (TPSA) is 53.4 Å². The first-order chi connectivity index (χ1) is 7.59. The Hall–Kier alpha value is -1.000. The lowest BCUT2D eigenvalue weighted by atomic mass is 10.2. The molecule has 86 valence electrons. The molecule has 6 heteroatoms. The van der Waals surface area contributed by atoms with Crippen LogP contribution >= 0.6 is 23.2 Å². The number of aromatic nitrogens is 1. The van der Waals surface area contributed by atoms with Gasteiger partial charge in [0.1, 0.15) is 11.9 Å². The predicted octanol–water partition coefficient (Wildman–Crippen LogP) is 2.44. The Labute approximate surface area is 103 Å². The van der Waals surface area contributed by atoms with Crippen LogP contribution in [0.3, 0.4) is 0 Å². The van der Waals surface area contributed by atoms with Crippen LogP contribution in [0.25, 0.3) is 0 Å². The van der Waals surface area contributed by atoms with Crippen molar-refractivity contribution >= 4 is 35.0 Å². The van der Waals surface area contributed by atoms with Gasteiger partial charge in [-0.05, 0) is 18.9 Å². The molecular weight excluding hydrogens is 251 g/mol. The van der Waals surface area contributed by atoms with Crippen molar-refractivity contribution < 1.29 is 9.90 Å². The summed E-state index contributed by atoms with van der Waals surface area (Å²) in [6, 6.07) is 1.04. The third-order valence-electron chi connectivity index (χ3n) is 2.60. The van der Waals surface area contributed by atoms with Crippen molar-refractivity contribution in [1.82, 2.24) is 4.98 Å². The number of hydrogen-bond acceptors (Lipinski definition) is 3. The van der Waals surface area contributed by atoms with Crippen LogP contribution in [-0.2, 0) is 4.79 Å². The molecule has 1 saturated heterocycles. The lowest BCUT2D eigenvalue weighted by Crippen LogP contribution is -2.36. The normalized spacial score (nSPS) is 20.1. The molecule has 0 bridgehead atoms. The maximum atomic E-state index is 11.0. The molecule has 2 rings (SSSR count). The second-order valence-corrected chi connectivity index (χ2v) is 4.49. The SMILES string of the molecule is O=C(O)[C@@H]1CCCN1c1ncc(Cl)cc1Cl. The first-order valence-corrected chi connectivity index (χ1v) is 5.65. The highest BCUT2D eigenvalue weighted by atomic mass is 35.5. The van der Waals surface area contributed by atoms with Gasteiger partial charge in [0, 0.05) is 12.7 Å².